The highest BCUT2D eigenvalue weighted by Crippen LogP contribution is 2.41. The SMILES string of the molecule is Cc1cc(C)c2c(c1)OC1(CCN(C(=O)CN3C(=O)c4ccc([N+](=O)[O-])cc4C3=O)CC1)CC2=O. The number of carbonyl (C=O) groups excluding carboxylic acids is 4. The van der Waals surface area contributed by atoms with E-state index in [0.29, 0.717) is 37.2 Å². The summed E-state index contributed by atoms with van der Waals surface area (Å²) in [4.78, 5) is 64.0. The van der Waals surface area contributed by atoms with Crippen LogP contribution in [0.2, 0.25) is 0 Å². The van der Waals surface area contributed by atoms with Crippen molar-refractivity contribution in [3.8, 4) is 5.75 Å². The number of fused-ring (bicyclic) bond motifs is 2. The van der Waals surface area contributed by atoms with Crippen molar-refractivity contribution >= 4 is 29.2 Å². The van der Waals surface area contributed by atoms with Crippen molar-refractivity contribution in [1.29, 1.82) is 0 Å². The van der Waals surface area contributed by atoms with Crippen LogP contribution in [-0.4, -0.2) is 63.5 Å². The average molecular weight is 477 g/mol. The Balaban J connectivity index is 1.26. The molecule has 0 atom stereocenters. The smallest absolute Gasteiger partial charge is 0.270 e. The van der Waals surface area contributed by atoms with E-state index < -0.39 is 34.8 Å². The summed E-state index contributed by atoms with van der Waals surface area (Å²) < 4.78 is 6.33. The minimum atomic E-state index is -0.723. The van der Waals surface area contributed by atoms with Crippen molar-refractivity contribution in [3.05, 3.63) is 68.3 Å². The number of piperidine rings is 1. The van der Waals surface area contributed by atoms with E-state index in [1.165, 1.54) is 6.07 Å². The standard InChI is InChI=1S/C25H23N3O7/c1-14-9-15(2)22-19(29)12-25(35-20(22)10-14)5-7-26(8-6-25)21(30)13-27-23(31)17-4-3-16(28(33)34)11-18(17)24(27)32/h3-4,9-11H,5-8,12-13H2,1-2H3. The number of nitro groups is 1. The summed E-state index contributed by atoms with van der Waals surface area (Å²) >= 11 is 0. The Kier molecular flexibility index (Phi) is 5.19. The molecule has 0 radical (unpaired) electrons. The molecule has 3 amide bonds. The van der Waals surface area contributed by atoms with Crippen molar-refractivity contribution < 1.29 is 28.8 Å². The summed E-state index contributed by atoms with van der Waals surface area (Å²) in [5.41, 5.74) is 1.50. The third-order valence-electron chi connectivity index (χ3n) is 7.02. The molecule has 3 aliphatic rings. The zero-order chi connectivity index (χ0) is 25.1. The number of rotatable bonds is 3. The van der Waals surface area contributed by atoms with Crippen LogP contribution in [0.1, 0.15) is 61.5 Å². The zero-order valence-electron chi connectivity index (χ0n) is 19.3. The number of imide groups is 1. The van der Waals surface area contributed by atoms with E-state index >= 15 is 0 Å². The maximum absolute atomic E-state index is 13.0. The number of ketones is 1. The number of ether oxygens (including phenoxy) is 1. The second-order valence-electron chi connectivity index (χ2n) is 9.40. The Morgan fingerprint density at radius 2 is 1.74 bits per heavy atom. The summed E-state index contributed by atoms with van der Waals surface area (Å²) in [7, 11) is 0. The lowest BCUT2D eigenvalue weighted by molar-refractivity contribution is -0.384. The number of likely N-dealkylation sites (tertiary alicyclic amines) is 1. The number of benzene rings is 2. The molecule has 5 rings (SSSR count). The van der Waals surface area contributed by atoms with Gasteiger partial charge in [-0.25, -0.2) is 0 Å². The normalized spacial score (nSPS) is 18.4. The zero-order valence-corrected chi connectivity index (χ0v) is 19.3. The highest BCUT2D eigenvalue weighted by Gasteiger charge is 2.45. The number of hydrogen-bond acceptors (Lipinski definition) is 7. The summed E-state index contributed by atoms with van der Waals surface area (Å²) in [6.07, 6.45) is 1.14. The van der Waals surface area contributed by atoms with Crippen LogP contribution >= 0.6 is 0 Å². The fraction of sp³-hybridized carbons (Fsp3) is 0.360. The van der Waals surface area contributed by atoms with E-state index in [0.717, 1.165) is 28.2 Å². The van der Waals surface area contributed by atoms with Gasteiger partial charge in [-0.1, -0.05) is 6.07 Å². The number of aryl methyl sites for hydroxylation is 2. The van der Waals surface area contributed by atoms with Gasteiger partial charge >= 0.3 is 0 Å². The Bertz CT molecular complexity index is 1320. The van der Waals surface area contributed by atoms with E-state index in [9.17, 15) is 29.3 Å². The minimum Gasteiger partial charge on any atom is -0.486 e. The van der Waals surface area contributed by atoms with Crippen molar-refractivity contribution in [1.82, 2.24) is 9.80 Å². The lowest BCUT2D eigenvalue weighted by Gasteiger charge is -2.44. The number of Topliss-reactive ketones (excluding diaryl/α,β-unsaturated/α-hetero) is 1. The number of carbonyl (C=O) groups is 4. The largest absolute Gasteiger partial charge is 0.486 e. The maximum atomic E-state index is 13.0. The van der Waals surface area contributed by atoms with E-state index in [2.05, 4.69) is 0 Å². The number of non-ortho nitro benzene ring substituents is 1. The molecule has 180 valence electrons. The fourth-order valence-electron chi connectivity index (χ4n) is 5.23. The van der Waals surface area contributed by atoms with Crippen LogP contribution in [0.15, 0.2) is 30.3 Å². The van der Waals surface area contributed by atoms with Gasteiger partial charge in [-0.3, -0.25) is 34.2 Å². The molecule has 0 saturated carbocycles. The number of amides is 3. The van der Waals surface area contributed by atoms with Crippen molar-refractivity contribution in [2.24, 2.45) is 0 Å². The van der Waals surface area contributed by atoms with Crippen molar-refractivity contribution in [3.63, 3.8) is 0 Å². The third-order valence-corrected chi connectivity index (χ3v) is 7.02. The van der Waals surface area contributed by atoms with Crippen molar-refractivity contribution in [2.75, 3.05) is 19.6 Å². The molecule has 2 aromatic rings. The molecule has 10 nitrogen and oxygen atoms in total. The molecule has 1 fully saturated rings. The van der Waals surface area contributed by atoms with Crippen LogP contribution in [0.25, 0.3) is 0 Å². The predicted octanol–water partition coefficient (Wildman–Crippen LogP) is 2.83. The van der Waals surface area contributed by atoms with E-state index in [-0.39, 0.29) is 29.0 Å². The van der Waals surface area contributed by atoms with Gasteiger partial charge in [0.25, 0.3) is 17.5 Å². The molecule has 0 N–H and O–H groups in total. The van der Waals surface area contributed by atoms with Gasteiger partial charge in [0, 0.05) is 38.1 Å². The molecule has 1 saturated heterocycles. The number of hydrogen-bond donors (Lipinski definition) is 0. The van der Waals surface area contributed by atoms with E-state index in [1.54, 1.807) is 4.90 Å². The number of nitrogens with zero attached hydrogens (tertiary/aromatic N) is 3. The van der Waals surface area contributed by atoms with E-state index in [1.807, 2.05) is 26.0 Å². The first kappa shape index (κ1) is 22.7. The first-order valence-electron chi connectivity index (χ1n) is 11.3. The van der Waals surface area contributed by atoms with Gasteiger partial charge in [0.15, 0.2) is 5.78 Å². The van der Waals surface area contributed by atoms with Gasteiger partial charge in [-0.2, -0.15) is 0 Å². The van der Waals surface area contributed by atoms with Crippen LogP contribution in [-0.2, 0) is 4.79 Å². The summed E-state index contributed by atoms with van der Waals surface area (Å²) in [6, 6.07) is 7.28. The van der Waals surface area contributed by atoms with Crippen LogP contribution in [0, 0.1) is 24.0 Å². The molecule has 3 heterocycles. The van der Waals surface area contributed by atoms with Gasteiger partial charge in [-0.05, 0) is 37.1 Å². The van der Waals surface area contributed by atoms with Crippen LogP contribution in [0.5, 0.6) is 5.75 Å². The Morgan fingerprint density at radius 3 is 2.43 bits per heavy atom. The lowest BCUT2D eigenvalue weighted by Crippen LogP contribution is -2.54. The second kappa shape index (κ2) is 8.00. The fourth-order valence-corrected chi connectivity index (χ4v) is 5.23. The quantitative estimate of drug-likeness (QED) is 0.378. The maximum Gasteiger partial charge on any atom is 0.270 e. The van der Waals surface area contributed by atoms with Crippen LogP contribution < -0.4 is 4.74 Å². The first-order chi connectivity index (χ1) is 16.6. The third kappa shape index (κ3) is 3.74. The van der Waals surface area contributed by atoms with E-state index in [4.69, 9.17) is 4.74 Å². The number of nitro benzene ring substituents is 1. The molecule has 0 unspecified atom stereocenters. The van der Waals surface area contributed by atoms with Crippen LogP contribution in [0.4, 0.5) is 5.69 Å². The van der Waals surface area contributed by atoms with Gasteiger partial charge in [0.1, 0.15) is 17.9 Å². The van der Waals surface area contributed by atoms with Gasteiger partial charge in [0.2, 0.25) is 5.91 Å². The van der Waals surface area contributed by atoms with Crippen molar-refractivity contribution in [2.45, 2.75) is 38.7 Å². The summed E-state index contributed by atoms with van der Waals surface area (Å²) in [5, 5.41) is 11.0. The average Bonchev–Trinajstić information content (AvgIpc) is 3.03. The highest BCUT2D eigenvalue weighted by molar-refractivity contribution is 6.22. The molecule has 0 aromatic heterocycles. The molecule has 1 spiro atoms. The Morgan fingerprint density at radius 1 is 1.06 bits per heavy atom. The Hall–Kier alpha value is -4.08. The molecule has 0 aliphatic carbocycles. The first-order valence-corrected chi connectivity index (χ1v) is 11.3. The van der Waals surface area contributed by atoms with Gasteiger partial charge < -0.3 is 9.64 Å². The van der Waals surface area contributed by atoms with Gasteiger partial charge in [-0.15, -0.1) is 0 Å². The highest BCUT2D eigenvalue weighted by atomic mass is 16.6. The molecule has 2 aromatic carbocycles. The van der Waals surface area contributed by atoms with Gasteiger partial charge in [0.05, 0.1) is 28.0 Å². The molecule has 3 aliphatic heterocycles. The lowest BCUT2D eigenvalue weighted by atomic mass is 9.81. The molecule has 0 bridgehead atoms. The van der Waals surface area contributed by atoms with Crippen LogP contribution in [0.3, 0.4) is 0 Å². The summed E-state index contributed by atoms with van der Waals surface area (Å²) in [5.74, 6) is -1.16. The monoisotopic (exact) mass is 477 g/mol. The molecular formula is C25H23N3O7. The second-order valence-corrected chi connectivity index (χ2v) is 9.40. The molecule has 35 heavy (non-hydrogen) atoms. The summed E-state index contributed by atoms with van der Waals surface area (Å²) in [6.45, 7) is 4.03. The topological polar surface area (TPSA) is 127 Å². The minimum absolute atomic E-state index is 0.0312. The predicted molar refractivity (Wildman–Crippen MR) is 122 cm³/mol. The molecular weight excluding hydrogens is 454 g/mol. The molecule has 10 heteroatoms. The Labute approximate surface area is 200 Å².